The molecular formula is C41H45F2N10O4+. The molecule has 6 heterocycles. The second-order valence-corrected chi connectivity index (χ2v) is 16.2. The molecule has 2 aromatic carbocycles. The molecule has 1 atom stereocenters. The van der Waals surface area contributed by atoms with E-state index in [1.54, 1.807) is 36.8 Å². The Kier molecular flexibility index (Phi) is 9.44. The third-order valence-electron chi connectivity index (χ3n) is 12.2. The Labute approximate surface area is 327 Å². The van der Waals surface area contributed by atoms with Crippen LogP contribution in [0.25, 0.3) is 11.8 Å². The van der Waals surface area contributed by atoms with E-state index in [1.807, 2.05) is 27.9 Å². The van der Waals surface area contributed by atoms with Gasteiger partial charge in [0.15, 0.2) is 11.4 Å². The van der Waals surface area contributed by atoms with E-state index in [0.717, 1.165) is 62.4 Å². The summed E-state index contributed by atoms with van der Waals surface area (Å²) in [6.45, 7) is 8.53. The number of amides is 3. The van der Waals surface area contributed by atoms with Crippen molar-refractivity contribution in [2.45, 2.75) is 76.0 Å². The average Bonchev–Trinajstić information content (AvgIpc) is 3.79. The van der Waals surface area contributed by atoms with Crippen molar-refractivity contribution in [3.05, 3.63) is 87.8 Å². The van der Waals surface area contributed by atoms with E-state index < -0.39 is 35.0 Å². The number of nitrogens with zero attached hydrogens (tertiary/aromatic N) is 8. The van der Waals surface area contributed by atoms with Crippen LogP contribution in [0.3, 0.4) is 0 Å². The predicted molar refractivity (Wildman–Crippen MR) is 206 cm³/mol. The Balaban J connectivity index is 0.797. The molecule has 3 N–H and O–H groups in total. The van der Waals surface area contributed by atoms with Crippen molar-refractivity contribution < 1.29 is 33.0 Å². The number of aromatic nitrogens is 3. The van der Waals surface area contributed by atoms with E-state index in [1.165, 1.54) is 24.0 Å². The van der Waals surface area contributed by atoms with Gasteiger partial charge in [-0.05, 0) is 63.4 Å². The molecule has 57 heavy (non-hydrogen) atoms. The normalized spacial score (nSPS) is 22.2. The number of benzene rings is 2. The van der Waals surface area contributed by atoms with Crippen molar-refractivity contribution in [2.24, 2.45) is 5.10 Å². The van der Waals surface area contributed by atoms with Crippen LogP contribution in [-0.4, -0.2) is 109 Å². The third kappa shape index (κ3) is 7.10. The summed E-state index contributed by atoms with van der Waals surface area (Å²) in [7, 11) is 0. The fraction of sp³-hybridized carbons (Fsp3) is 0.439. The lowest BCUT2D eigenvalue weighted by atomic mass is 9.89. The molecule has 2 aromatic heterocycles. The number of rotatable bonds is 7. The van der Waals surface area contributed by atoms with Crippen LogP contribution >= 0.6 is 0 Å². The number of hydrogen-bond donors (Lipinski definition) is 3. The molecular weight excluding hydrogens is 735 g/mol. The molecule has 1 aliphatic carbocycles. The zero-order valence-electron chi connectivity index (χ0n) is 31.9. The number of anilines is 2. The second-order valence-electron chi connectivity index (χ2n) is 16.2. The lowest BCUT2D eigenvalue weighted by molar-refractivity contribution is -0.430. The minimum absolute atomic E-state index is 0.0599. The molecule has 16 heteroatoms. The molecule has 0 bridgehead atoms. The molecule has 5 aliphatic rings. The number of aliphatic hydroxyl groups is 1. The maximum Gasteiger partial charge on any atom is 0.261 e. The monoisotopic (exact) mass is 779 g/mol. The second kappa shape index (κ2) is 14.5. The topological polar surface area (TPSA) is 151 Å². The maximum atomic E-state index is 15.1. The first-order chi connectivity index (χ1) is 27.4. The van der Waals surface area contributed by atoms with Crippen LogP contribution in [0, 0.1) is 11.6 Å². The highest BCUT2D eigenvalue weighted by atomic mass is 19.1. The van der Waals surface area contributed by atoms with Gasteiger partial charge in [0.1, 0.15) is 22.6 Å². The highest BCUT2D eigenvalue weighted by molar-refractivity contribution is 6.08. The summed E-state index contributed by atoms with van der Waals surface area (Å²) in [5.41, 5.74) is 2.04. The third-order valence-corrected chi connectivity index (χ3v) is 12.2. The quantitative estimate of drug-likeness (QED) is 0.190. The van der Waals surface area contributed by atoms with Crippen LogP contribution < -0.4 is 26.1 Å². The first kappa shape index (κ1) is 37.1. The minimum atomic E-state index is -1.24. The van der Waals surface area contributed by atoms with Crippen molar-refractivity contribution in [1.29, 1.82) is 0 Å². The Morgan fingerprint density at radius 3 is 2.35 bits per heavy atom. The average molecular weight is 780 g/mol. The summed E-state index contributed by atoms with van der Waals surface area (Å²) in [5, 5.41) is 27.0. The molecule has 9 rings (SSSR count). The van der Waals surface area contributed by atoms with Gasteiger partial charge in [-0.1, -0.05) is 4.68 Å². The highest BCUT2D eigenvalue weighted by Gasteiger charge is 2.38. The molecule has 4 aliphatic heterocycles. The predicted octanol–water partition coefficient (Wildman–Crippen LogP) is 2.20. The van der Waals surface area contributed by atoms with Crippen molar-refractivity contribution in [3.63, 3.8) is 0 Å². The van der Waals surface area contributed by atoms with E-state index in [0.29, 0.717) is 53.3 Å². The van der Waals surface area contributed by atoms with Crippen molar-refractivity contribution in [3.8, 4) is 0 Å². The number of hydrogen-bond acceptors (Lipinski definition) is 10. The molecule has 0 radical (unpaired) electrons. The van der Waals surface area contributed by atoms with Crippen LogP contribution in [0.5, 0.6) is 0 Å². The summed E-state index contributed by atoms with van der Waals surface area (Å²) in [5.74, 6) is -3.95. The van der Waals surface area contributed by atoms with Gasteiger partial charge in [0.2, 0.25) is 18.0 Å². The Bertz CT molecular complexity index is 2430. The molecule has 14 nitrogen and oxygen atoms in total. The zero-order valence-corrected chi connectivity index (χ0v) is 31.9. The Morgan fingerprint density at radius 1 is 0.965 bits per heavy atom. The number of piperazine rings is 1. The lowest BCUT2D eigenvalue weighted by Crippen LogP contribution is -2.64. The molecule has 3 amide bonds. The zero-order chi connectivity index (χ0) is 39.6. The molecule has 4 fully saturated rings. The molecule has 3 saturated heterocycles. The van der Waals surface area contributed by atoms with Gasteiger partial charge >= 0.3 is 0 Å². The molecule has 296 valence electrons. The molecule has 4 aromatic rings. The van der Waals surface area contributed by atoms with Gasteiger partial charge in [0.25, 0.3) is 5.91 Å². The minimum Gasteiger partial charge on any atom is -0.386 e. The number of halogens is 2. The van der Waals surface area contributed by atoms with Crippen LogP contribution in [-0.2, 0) is 15.2 Å². The van der Waals surface area contributed by atoms with E-state index in [4.69, 9.17) is 5.10 Å². The summed E-state index contributed by atoms with van der Waals surface area (Å²) < 4.78 is 33.8. The maximum absolute atomic E-state index is 15.1. The van der Waals surface area contributed by atoms with Gasteiger partial charge in [-0.2, -0.15) is 5.10 Å². The first-order valence-electron chi connectivity index (χ1n) is 19.7. The summed E-state index contributed by atoms with van der Waals surface area (Å²) in [6, 6.07) is 8.86. The smallest absolute Gasteiger partial charge is 0.261 e. The number of fused-ring (bicyclic) bond motifs is 2. The number of carbonyl (C=O) groups is 3. The number of nitrogens with one attached hydrogen (secondary N) is 2. The van der Waals surface area contributed by atoms with Crippen LogP contribution in [0.15, 0.2) is 54.0 Å². The van der Waals surface area contributed by atoms with Gasteiger partial charge < -0.3 is 15.3 Å². The van der Waals surface area contributed by atoms with Crippen molar-refractivity contribution >= 4 is 46.7 Å². The summed E-state index contributed by atoms with van der Waals surface area (Å²) in [4.78, 5) is 48.5. The molecule has 1 saturated carbocycles. The summed E-state index contributed by atoms with van der Waals surface area (Å²) in [6.07, 6.45) is 10.9. The van der Waals surface area contributed by atoms with Gasteiger partial charge in [0.05, 0.1) is 22.9 Å². The van der Waals surface area contributed by atoms with Crippen molar-refractivity contribution in [2.75, 3.05) is 49.5 Å². The van der Waals surface area contributed by atoms with Crippen LogP contribution in [0.4, 0.5) is 20.2 Å². The Hall–Kier alpha value is -5.45. The van der Waals surface area contributed by atoms with E-state index in [2.05, 4.69) is 30.5 Å². The largest absolute Gasteiger partial charge is 0.386 e. The summed E-state index contributed by atoms with van der Waals surface area (Å²) >= 11 is 0. The van der Waals surface area contributed by atoms with Crippen LogP contribution in [0.2, 0.25) is 0 Å². The Morgan fingerprint density at radius 2 is 1.67 bits per heavy atom. The van der Waals surface area contributed by atoms with Gasteiger partial charge in [-0.25, -0.2) is 18.3 Å². The van der Waals surface area contributed by atoms with Gasteiger partial charge in [-0.3, -0.25) is 29.5 Å². The number of carbonyl (C=O) groups excluding carboxylic acids is 3. The molecule has 1 unspecified atom stereocenters. The molecule has 0 spiro atoms. The fourth-order valence-electron chi connectivity index (χ4n) is 8.97. The SMILES string of the molecule is CC(C)(O)c1cc2c(cc1NC(=O)c1cnn3cccnc13)=C[N+](=C1CCC(N3CCN(C4CN(c5cc(F)c(C6CCC(=O)NC6=O)c(F)c5)C4)CC3)CC1)N=2. The highest BCUT2D eigenvalue weighted by Crippen LogP contribution is 2.34. The van der Waals surface area contributed by atoms with Gasteiger partial charge in [-0.15, -0.1) is 0 Å². The van der Waals surface area contributed by atoms with Crippen LogP contribution in [0.1, 0.15) is 79.8 Å². The van der Waals surface area contributed by atoms with E-state index in [-0.39, 0.29) is 24.3 Å². The van der Waals surface area contributed by atoms with Gasteiger partial charge in [0, 0.05) is 111 Å². The number of imide groups is 1. The van der Waals surface area contributed by atoms with E-state index in [9.17, 15) is 19.5 Å². The van der Waals surface area contributed by atoms with Crippen molar-refractivity contribution in [1.82, 2.24) is 29.7 Å². The number of piperidine rings is 1. The fourth-order valence-corrected chi connectivity index (χ4v) is 8.97. The standard InChI is InChI=1S/C41H44F2N10O4/c1-41(2,57)31-19-34-24(16-35(31)46-40(56)30-20-45-52-11-3-10-44-38(30)52)21-53(48-34)26-6-4-25(5-7-26)49-12-14-50(15-13-49)28-22-51(23-28)27-17-32(42)37(33(43)18-27)29-8-9-36(54)47-39(29)55/h3,10-11,16-21,25,28-29,57H,4-9,12-15,22-23H2,1-2H3,(H-,46,47,54,55,56)/p+1. The van der Waals surface area contributed by atoms with E-state index >= 15 is 8.78 Å². The lowest BCUT2D eigenvalue weighted by Gasteiger charge is -2.50. The first-order valence-corrected chi connectivity index (χ1v) is 19.7.